The highest BCUT2D eigenvalue weighted by Gasteiger charge is 2.20. The molecule has 5 nitrogen and oxygen atoms in total. The number of nitrogens with zero attached hydrogens (tertiary/aromatic N) is 2. The van der Waals surface area contributed by atoms with Crippen LogP contribution in [0.2, 0.25) is 0 Å². The Kier molecular flexibility index (Phi) is 6.90. The quantitative estimate of drug-likeness (QED) is 0.733. The highest BCUT2D eigenvalue weighted by Crippen LogP contribution is 2.22. The Morgan fingerprint density at radius 1 is 1.22 bits per heavy atom. The summed E-state index contributed by atoms with van der Waals surface area (Å²) >= 11 is 0. The van der Waals surface area contributed by atoms with Crippen LogP contribution >= 0.6 is 0 Å². The van der Waals surface area contributed by atoms with E-state index in [9.17, 15) is 0 Å². The van der Waals surface area contributed by atoms with Gasteiger partial charge in [-0.2, -0.15) is 4.98 Å². The van der Waals surface area contributed by atoms with E-state index in [0.717, 1.165) is 32.1 Å². The van der Waals surface area contributed by atoms with Crippen molar-refractivity contribution in [2.24, 2.45) is 5.73 Å². The van der Waals surface area contributed by atoms with Gasteiger partial charge in [0, 0.05) is 6.61 Å². The van der Waals surface area contributed by atoms with E-state index in [2.05, 4.69) is 24.0 Å². The lowest BCUT2D eigenvalue weighted by atomic mass is 10.1. The Labute approximate surface area is 109 Å². The van der Waals surface area contributed by atoms with Crippen LogP contribution in [-0.4, -0.2) is 16.7 Å². The first-order chi connectivity index (χ1) is 8.72. The van der Waals surface area contributed by atoms with Crippen LogP contribution in [0.15, 0.2) is 4.52 Å². The van der Waals surface area contributed by atoms with Gasteiger partial charge >= 0.3 is 0 Å². The van der Waals surface area contributed by atoms with Crippen molar-refractivity contribution in [1.82, 2.24) is 10.1 Å². The predicted octanol–water partition coefficient (Wildman–Crippen LogP) is 3.14. The molecule has 1 rings (SSSR count). The summed E-state index contributed by atoms with van der Waals surface area (Å²) in [6, 6.07) is -0.157. The van der Waals surface area contributed by atoms with E-state index in [1.165, 1.54) is 0 Å². The van der Waals surface area contributed by atoms with Gasteiger partial charge in [0.05, 0.1) is 6.04 Å². The van der Waals surface area contributed by atoms with Gasteiger partial charge in [-0.05, 0) is 19.8 Å². The summed E-state index contributed by atoms with van der Waals surface area (Å²) in [5, 5.41) is 3.99. The van der Waals surface area contributed by atoms with E-state index < -0.39 is 0 Å². The maximum Gasteiger partial charge on any atom is 0.243 e. The third kappa shape index (κ3) is 4.38. The fourth-order valence-corrected chi connectivity index (χ4v) is 1.83. The zero-order valence-corrected chi connectivity index (χ0v) is 11.7. The van der Waals surface area contributed by atoms with Gasteiger partial charge in [-0.1, -0.05) is 38.3 Å². The SMILES string of the molecule is CCCCC(N)c1nc(C(CCC)OCC)no1. The summed E-state index contributed by atoms with van der Waals surface area (Å²) in [4.78, 5) is 4.37. The van der Waals surface area contributed by atoms with E-state index in [1.54, 1.807) is 0 Å². The maximum atomic E-state index is 6.01. The first kappa shape index (κ1) is 15.1. The molecular weight excluding hydrogens is 230 g/mol. The lowest BCUT2D eigenvalue weighted by Gasteiger charge is -2.11. The largest absolute Gasteiger partial charge is 0.370 e. The standard InChI is InChI=1S/C13H25N3O2/c1-4-7-9-10(14)13-15-12(16-18-13)11(8-5-2)17-6-3/h10-11H,4-9,14H2,1-3H3. The number of ether oxygens (including phenoxy) is 1. The van der Waals surface area contributed by atoms with Gasteiger partial charge in [-0.25, -0.2) is 0 Å². The van der Waals surface area contributed by atoms with Crippen LogP contribution in [0.1, 0.15) is 76.7 Å². The Morgan fingerprint density at radius 3 is 2.61 bits per heavy atom. The molecule has 0 saturated carbocycles. The number of aromatic nitrogens is 2. The molecule has 0 aliphatic carbocycles. The average molecular weight is 255 g/mol. The monoisotopic (exact) mass is 255 g/mol. The van der Waals surface area contributed by atoms with Gasteiger partial charge in [0.15, 0.2) is 0 Å². The van der Waals surface area contributed by atoms with E-state index in [1.807, 2.05) is 6.92 Å². The van der Waals surface area contributed by atoms with Gasteiger partial charge in [0.2, 0.25) is 11.7 Å². The Balaban J connectivity index is 2.64. The van der Waals surface area contributed by atoms with Gasteiger partial charge < -0.3 is 15.0 Å². The van der Waals surface area contributed by atoms with Crippen molar-refractivity contribution < 1.29 is 9.26 Å². The molecule has 0 aliphatic rings. The minimum Gasteiger partial charge on any atom is -0.370 e. The minimum atomic E-state index is -0.157. The second kappa shape index (κ2) is 8.21. The fourth-order valence-electron chi connectivity index (χ4n) is 1.83. The van der Waals surface area contributed by atoms with Crippen LogP contribution in [0, 0.1) is 0 Å². The highest BCUT2D eigenvalue weighted by molar-refractivity contribution is 4.95. The van der Waals surface area contributed by atoms with Crippen molar-refractivity contribution in [3.8, 4) is 0 Å². The van der Waals surface area contributed by atoms with Crippen LogP contribution in [0.4, 0.5) is 0 Å². The molecule has 18 heavy (non-hydrogen) atoms. The zero-order valence-electron chi connectivity index (χ0n) is 11.7. The summed E-state index contributed by atoms with van der Waals surface area (Å²) in [5.74, 6) is 1.15. The minimum absolute atomic E-state index is 0.0733. The summed E-state index contributed by atoms with van der Waals surface area (Å²) in [5.41, 5.74) is 6.01. The molecule has 1 aromatic rings. The molecule has 0 aliphatic heterocycles. The molecule has 0 aromatic carbocycles. The number of rotatable bonds is 9. The predicted molar refractivity (Wildman–Crippen MR) is 70.0 cm³/mol. The third-order valence-corrected chi connectivity index (χ3v) is 2.85. The molecular formula is C13H25N3O2. The first-order valence-corrected chi connectivity index (χ1v) is 6.93. The summed E-state index contributed by atoms with van der Waals surface area (Å²) in [6.45, 7) is 6.87. The highest BCUT2D eigenvalue weighted by atomic mass is 16.5. The third-order valence-electron chi connectivity index (χ3n) is 2.85. The van der Waals surface area contributed by atoms with Crippen LogP contribution < -0.4 is 5.73 Å². The van der Waals surface area contributed by atoms with Gasteiger partial charge in [-0.15, -0.1) is 0 Å². The van der Waals surface area contributed by atoms with E-state index >= 15 is 0 Å². The number of hydrogen-bond acceptors (Lipinski definition) is 5. The van der Waals surface area contributed by atoms with Crippen molar-refractivity contribution in [2.75, 3.05) is 6.61 Å². The van der Waals surface area contributed by atoms with Crippen molar-refractivity contribution >= 4 is 0 Å². The normalized spacial score (nSPS) is 14.7. The molecule has 2 unspecified atom stereocenters. The number of hydrogen-bond donors (Lipinski definition) is 1. The summed E-state index contributed by atoms with van der Waals surface area (Å²) in [7, 11) is 0. The summed E-state index contributed by atoms with van der Waals surface area (Å²) in [6.07, 6.45) is 4.92. The van der Waals surface area contributed by atoms with Gasteiger partial charge in [0.1, 0.15) is 6.10 Å². The van der Waals surface area contributed by atoms with Crippen LogP contribution in [0.5, 0.6) is 0 Å². The summed E-state index contributed by atoms with van der Waals surface area (Å²) < 4.78 is 10.8. The molecule has 1 heterocycles. The molecule has 2 N–H and O–H groups in total. The zero-order chi connectivity index (χ0) is 13.4. The molecule has 104 valence electrons. The van der Waals surface area contributed by atoms with Crippen molar-refractivity contribution in [1.29, 1.82) is 0 Å². The average Bonchev–Trinajstić information content (AvgIpc) is 2.85. The van der Waals surface area contributed by atoms with E-state index in [4.69, 9.17) is 15.0 Å². The van der Waals surface area contributed by atoms with Crippen LogP contribution in [0.25, 0.3) is 0 Å². The van der Waals surface area contributed by atoms with Crippen molar-refractivity contribution in [3.63, 3.8) is 0 Å². The molecule has 0 saturated heterocycles. The molecule has 0 amide bonds. The first-order valence-electron chi connectivity index (χ1n) is 6.93. The number of nitrogens with two attached hydrogens (primary N) is 1. The molecule has 0 spiro atoms. The van der Waals surface area contributed by atoms with Gasteiger partial charge in [0.25, 0.3) is 0 Å². The molecule has 0 fully saturated rings. The Hall–Kier alpha value is -0.940. The van der Waals surface area contributed by atoms with E-state index in [-0.39, 0.29) is 12.1 Å². The Morgan fingerprint density at radius 2 is 2.00 bits per heavy atom. The lowest BCUT2D eigenvalue weighted by Crippen LogP contribution is -2.11. The molecule has 5 heteroatoms. The lowest BCUT2D eigenvalue weighted by molar-refractivity contribution is 0.0477. The van der Waals surface area contributed by atoms with Gasteiger partial charge in [-0.3, -0.25) is 0 Å². The molecule has 0 radical (unpaired) electrons. The maximum absolute atomic E-state index is 6.01. The topological polar surface area (TPSA) is 74.2 Å². The second-order valence-corrected chi connectivity index (χ2v) is 4.47. The van der Waals surface area contributed by atoms with Crippen LogP contribution in [0.3, 0.4) is 0 Å². The Bertz CT molecular complexity index is 322. The van der Waals surface area contributed by atoms with E-state index in [0.29, 0.717) is 18.3 Å². The molecule has 1 aromatic heterocycles. The van der Waals surface area contributed by atoms with Crippen LogP contribution in [-0.2, 0) is 4.74 Å². The smallest absolute Gasteiger partial charge is 0.243 e. The fraction of sp³-hybridized carbons (Fsp3) is 0.846. The van der Waals surface area contributed by atoms with Crippen molar-refractivity contribution in [2.45, 2.75) is 65.0 Å². The molecule has 0 bridgehead atoms. The number of unbranched alkanes of at least 4 members (excludes halogenated alkanes) is 1. The molecule has 2 atom stereocenters. The van der Waals surface area contributed by atoms with Crippen molar-refractivity contribution in [3.05, 3.63) is 11.7 Å². The second-order valence-electron chi connectivity index (χ2n) is 4.47.